The number of rotatable bonds is 4. The largest absolute Gasteiger partial charge is 0.478 e. The number of nitrogens with zero attached hydrogens (tertiary/aromatic N) is 2. The van der Waals surface area contributed by atoms with Crippen molar-refractivity contribution >= 4 is 17.3 Å². The van der Waals surface area contributed by atoms with Crippen molar-refractivity contribution in [2.45, 2.75) is 38.6 Å². The highest BCUT2D eigenvalue weighted by Gasteiger charge is 2.15. The number of carboxylic acids is 1. The van der Waals surface area contributed by atoms with Gasteiger partial charge in [0.05, 0.1) is 11.8 Å². The van der Waals surface area contributed by atoms with Gasteiger partial charge in [-0.05, 0) is 24.8 Å². The molecule has 2 heterocycles. The lowest BCUT2D eigenvalue weighted by molar-refractivity contribution is 0.0697. The molecule has 4 nitrogen and oxygen atoms in total. The molecule has 5 heteroatoms. The topological polar surface area (TPSA) is 55.1 Å². The summed E-state index contributed by atoms with van der Waals surface area (Å²) < 4.78 is 2.01. The summed E-state index contributed by atoms with van der Waals surface area (Å²) in [6.07, 6.45) is 10.5. The fourth-order valence-electron chi connectivity index (χ4n) is 2.82. The van der Waals surface area contributed by atoms with Crippen LogP contribution >= 0.6 is 11.3 Å². The molecule has 20 heavy (non-hydrogen) atoms. The fraction of sp³-hybridized carbons (Fsp3) is 0.467. The minimum Gasteiger partial charge on any atom is -0.478 e. The van der Waals surface area contributed by atoms with Crippen molar-refractivity contribution in [3.8, 4) is 10.4 Å². The van der Waals surface area contributed by atoms with Gasteiger partial charge >= 0.3 is 5.97 Å². The zero-order valence-electron chi connectivity index (χ0n) is 11.3. The first kappa shape index (κ1) is 13.4. The van der Waals surface area contributed by atoms with Gasteiger partial charge in [0.25, 0.3) is 0 Å². The van der Waals surface area contributed by atoms with E-state index in [4.69, 9.17) is 5.11 Å². The highest BCUT2D eigenvalue weighted by molar-refractivity contribution is 7.13. The van der Waals surface area contributed by atoms with Crippen molar-refractivity contribution in [3.05, 3.63) is 29.4 Å². The van der Waals surface area contributed by atoms with Crippen LogP contribution in [0.1, 0.15) is 42.5 Å². The van der Waals surface area contributed by atoms with Crippen molar-refractivity contribution in [2.24, 2.45) is 5.92 Å². The second-order valence-corrected chi connectivity index (χ2v) is 6.37. The number of aromatic carboxylic acids is 1. The van der Waals surface area contributed by atoms with E-state index >= 15 is 0 Å². The highest BCUT2D eigenvalue weighted by atomic mass is 32.1. The SMILES string of the molecule is O=C(O)c1csc(-c2cnn(CC3CCCCC3)c2)c1. The Labute approximate surface area is 122 Å². The molecule has 1 saturated carbocycles. The monoisotopic (exact) mass is 290 g/mol. The molecule has 1 aliphatic carbocycles. The summed E-state index contributed by atoms with van der Waals surface area (Å²) in [6.45, 7) is 0.983. The molecule has 0 atom stereocenters. The second kappa shape index (κ2) is 5.79. The first-order valence-electron chi connectivity index (χ1n) is 7.07. The quantitative estimate of drug-likeness (QED) is 0.929. The molecular weight excluding hydrogens is 272 g/mol. The average Bonchev–Trinajstić information content (AvgIpc) is 3.08. The van der Waals surface area contributed by atoms with E-state index < -0.39 is 5.97 Å². The van der Waals surface area contributed by atoms with E-state index in [1.807, 2.05) is 17.1 Å². The van der Waals surface area contributed by atoms with E-state index in [1.165, 1.54) is 43.4 Å². The lowest BCUT2D eigenvalue weighted by Gasteiger charge is -2.21. The second-order valence-electron chi connectivity index (χ2n) is 5.46. The summed E-state index contributed by atoms with van der Waals surface area (Å²) in [5.74, 6) is -0.128. The number of carboxylic acid groups (broad SMARTS) is 1. The Morgan fingerprint density at radius 2 is 2.20 bits per heavy atom. The molecule has 2 aromatic heterocycles. The molecule has 1 fully saturated rings. The molecule has 106 valence electrons. The average molecular weight is 290 g/mol. The number of aromatic nitrogens is 2. The summed E-state index contributed by atoms with van der Waals surface area (Å²) in [5, 5.41) is 15.0. The van der Waals surface area contributed by atoms with Crippen molar-refractivity contribution < 1.29 is 9.90 Å². The van der Waals surface area contributed by atoms with Gasteiger partial charge in [-0.3, -0.25) is 4.68 Å². The normalized spacial score (nSPS) is 16.4. The number of thiophene rings is 1. The minimum atomic E-state index is -0.873. The maximum atomic E-state index is 10.9. The molecule has 3 rings (SSSR count). The zero-order chi connectivity index (χ0) is 13.9. The van der Waals surface area contributed by atoms with Crippen molar-refractivity contribution in [1.82, 2.24) is 9.78 Å². The van der Waals surface area contributed by atoms with Crippen LogP contribution in [0, 0.1) is 5.92 Å². The van der Waals surface area contributed by atoms with Gasteiger partial charge in [0, 0.05) is 28.6 Å². The molecular formula is C15H18N2O2S. The molecule has 1 N–H and O–H groups in total. The molecule has 0 saturated heterocycles. The summed E-state index contributed by atoms with van der Waals surface area (Å²) >= 11 is 1.46. The van der Waals surface area contributed by atoms with E-state index in [0.29, 0.717) is 5.56 Å². The van der Waals surface area contributed by atoms with E-state index in [0.717, 1.165) is 22.9 Å². The summed E-state index contributed by atoms with van der Waals surface area (Å²) in [7, 11) is 0. The maximum absolute atomic E-state index is 10.9. The number of hydrogen-bond acceptors (Lipinski definition) is 3. The summed E-state index contributed by atoms with van der Waals surface area (Å²) in [5.41, 5.74) is 1.36. The van der Waals surface area contributed by atoms with Crippen LogP contribution in [0.5, 0.6) is 0 Å². The lowest BCUT2D eigenvalue weighted by Crippen LogP contribution is -2.14. The summed E-state index contributed by atoms with van der Waals surface area (Å²) in [6, 6.07) is 1.72. The van der Waals surface area contributed by atoms with Gasteiger partial charge in [0.15, 0.2) is 0 Å². The number of carbonyl (C=O) groups is 1. The highest BCUT2D eigenvalue weighted by Crippen LogP contribution is 2.28. The van der Waals surface area contributed by atoms with Gasteiger partial charge in [0.2, 0.25) is 0 Å². The Morgan fingerprint density at radius 1 is 1.40 bits per heavy atom. The number of hydrogen-bond donors (Lipinski definition) is 1. The molecule has 0 aliphatic heterocycles. The van der Waals surface area contributed by atoms with Gasteiger partial charge in [-0.1, -0.05) is 19.3 Å². The third-order valence-electron chi connectivity index (χ3n) is 3.93. The zero-order valence-corrected chi connectivity index (χ0v) is 12.1. The van der Waals surface area contributed by atoms with E-state index in [9.17, 15) is 4.79 Å². The van der Waals surface area contributed by atoms with Crippen molar-refractivity contribution in [1.29, 1.82) is 0 Å². The van der Waals surface area contributed by atoms with Crippen LogP contribution in [-0.4, -0.2) is 20.9 Å². The fourth-order valence-corrected chi connectivity index (χ4v) is 3.68. The molecule has 0 bridgehead atoms. The lowest BCUT2D eigenvalue weighted by atomic mass is 9.89. The Balaban J connectivity index is 1.70. The first-order chi connectivity index (χ1) is 9.72. The van der Waals surface area contributed by atoms with Crippen molar-refractivity contribution in [2.75, 3.05) is 0 Å². The van der Waals surface area contributed by atoms with Crippen LogP contribution in [0.2, 0.25) is 0 Å². The third-order valence-corrected chi connectivity index (χ3v) is 4.91. The predicted molar refractivity (Wildman–Crippen MR) is 79.1 cm³/mol. The standard InChI is InChI=1S/C15H18N2O2S/c18-15(19)12-6-14(20-10-12)13-7-16-17(9-13)8-11-4-2-1-3-5-11/h6-7,9-11H,1-5,8H2,(H,18,19). The van der Waals surface area contributed by atoms with E-state index in [2.05, 4.69) is 5.10 Å². The maximum Gasteiger partial charge on any atom is 0.336 e. The first-order valence-corrected chi connectivity index (χ1v) is 7.95. The van der Waals surface area contributed by atoms with Gasteiger partial charge in [-0.15, -0.1) is 11.3 Å². The molecule has 2 aromatic rings. The Morgan fingerprint density at radius 3 is 2.90 bits per heavy atom. The molecule has 0 amide bonds. The van der Waals surface area contributed by atoms with E-state index in [-0.39, 0.29) is 0 Å². The van der Waals surface area contributed by atoms with Crippen LogP contribution in [0.15, 0.2) is 23.8 Å². The van der Waals surface area contributed by atoms with Crippen LogP contribution < -0.4 is 0 Å². The van der Waals surface area contributed by atoms with Crippen LogP contribution in [0.4, 0.5) is 0 Å². The Hall–Kier alpha value is -1.62. The van der Waals surface area contributed by atoms with Crippen molar-refractivity contribution in [3.63, 3.8) is 0 Å². The van der Waals surface area contributed by atoms with Crippen LogP contribution in [0.3, 0.4) is 0 Å². The molecule has 0 unspecified atom stereocenters. The molecule has 0 radical (unpaired) electrons. The van der Waals surface area contributed by atoms with Gasteiger partial charge in [0.1, 0.15) is 0 Å². The Bertz CT molecular complexity index is 597. The smallest absolute Gasteiger partial charge is 0.336 e. The Kier molecular flexibility index (Phi) is 3.87. The van der Waals surface area contributed by atoms with Crippen LogP contribution in [0.25, 0.3) is 10.4 Å². The molecule has 1 aliphatic rings. The predicted octanol–water partition coefficient (Wildman–Crippen LogP) is 3.89. The van der Waals surface area contributed by atoms with Gasteiger partial charge in [-0.2, -0.15) is 5.10 Å². The van der Waals surface area contributed by atoms with Gasteiger partial charge in [-0.25, -0.2) is 4.79 Å². The third kappa shape index (κ3) is 2.93. The van der Waals surface area contributed by atoms with Crippen LogP contribution in [-0.2, 0) is 6.54 Å². The molecule has 0 aromatic carbocycles. The van der Waals surface area contributed by atoms with E-state index in [1.54, 1.807) is 11.4 Å². The minimum absolute atomic E-state index is 0.352. The summed E-state index contributed by atoms with van der Waals surface area (Å²) in [4.78, 5) is 11.9. The van der Waals surface area contributed by atoms with Gasteiger partial charge < -0.3 is 5.11 Å². The molecule has 0 spiro atoms.